The molecule has 3 rings (SSSR count). The van der Waals surface area contributed by atoms with Crippen LogP contribution in [-0.4, -0.2) is 33.7 Å². The third kappa shape index (κ3) is 4.89. The summed E-state index contributed by atoms with van der Waals surface area (Å²) in [6.07, 6.45) is 1.11. The number of thioether (sulfide) groups is 1. The number of phenols is 1. The van der Waals surface area contributed by atoms with E-state index in [2.05, 4.69) is 27.8 Å². The number of nitrogens with one attached hydrogen (secondary N) is 2. The van der Waals surface area contributed by atoms with Crippen LogP contribution in [0.4, 0.5) is 5.69 Å². The minimum Gasteiger partial charge on any atom is -0.507 e. The van der Waals surface area contributed by atoms with Gasteiger partial charge in [0.1, 0.15) is 5.75 Å². The molecule has 3 N–H and O–H groups in total. The molecule has 1 unspecified atom stereocenters. The zero-order valence-corrected chi connectivity index (χ0v) is 16.1. The second-order valence-corrected chi connectivity index (χ2v) is 7.44. The lowest BCUT2D eigenvalue weighted by Gasteiger charge is -2.08. The van der Waals surface area contributed by atoms with Crippen molar-refractivity contribution < 1.29 is 9.90 Å². The number of amidine groups is 1. The molecule has 2 aromatic carbocycles. The highest BCUT2D eigenvalue weighted by Crippen LogP contribution is 2.24. The molecule has 0 fully saturated rings. The van der Waals surface area contributed by atoms with Crippen LogP contribution in [0.2, 0.25) is 0 Å². The summed E-state index contributed by atoms with van der Waals surface area (Å²) >= 11 is 1.77. The number of nitrogens with zero attached hydrogens (tertiary/aromatic N) is 2. The number of carbonyl (C=O) groups is 1. The summed E-state index contributed by atoms with van der Waals surface area (Å²) in [5, 5.41) is 18.7. The van der Waals surface area contributed by atoms with Crippen LogP contribution < -0.4 is 10.7 Å². The second kappa shape index (κ2) is 8.73. The lowest BCUT2D eigenvalue weighted by molar-refractivity contribution is 0.0952. The molecular formula is C20H22N4O2S. The molecule has 1 heterocycles. The summed E-state index contributed by atoms with van der Waals surface area (Å²) in [6, 6.07) is 14.1. The van der Waals surface area contributed by atoms with Crippen LogP contribution in [0.15, 0.2) is 58.6 Å². The zero-order chi connectivity index (χ0) is 19.2. The van der Waals surface area contributed by atoms with Crippen molar-refractivity contribution in [3.05, 3.63) is 59.7 Å². The number of amides is 1. The number of aliphatic imine (C=N–C) groups is 1. The fourth-order valence-corrected chi connectivity index (χ4v) is 3.50. The van der Waals surface area contributed by atoms with Gasteiger partial charge in [0.15, 0.2) is 5.17 Å². The number of aromatic hydroxyl groups is 1. The highest BCUT2D eigenvalue weighted by Gasteiger charge is 2.17. The molecular weight excluding hydrogens is 360 g/mol. The highest BCUT2D eigenvalue weighted by atomic mass is 32.2. The van der Waals surface area contributed by atoms with Gasteiger partial charge in [-0.05, 0) is 43.2 Å². The van der Waals surface area contributed by atoms with Crippen LogP contribution in [0.25, 0.3) is 0 Å². The molecule has 0 radical (unpaired) electrons. The fraction of sp³-hybridized carbons (Fsp3) is 0.250. The van der Waals surface area contributed by atoms with Gasteiger partial charge in [-0.2, -0.15) is 5.10 Å². The SMILES string of the molecule is CCC1CN=C(Nc2ccc(/C(C)=N/NC(=O)c3ccccc3O)cc2)S1. The lowest BCUT2D eigenvalue weighted by atomic mass is 10.1. The largest absolute Gasteiger partial charge is 0.507 e. The van der Waals surface area contributed by atoms with Crippen molar-refractivity contribution in [1.29, 1.82) is 0 Å². The number of benzene rings is 2. The first kappa shape index (κ1) is 19.0. The van der Waals surface area contributed by atoms with Crippen molar-refractivity contribution in [3.63, 3.8) is 0 Å². The Morgan fingerprint density at radius 2 is 2.00 bits per heavy atom. The number of hydrazone groups is 1. The monoisotopic (exact) mass is 382 g/mol. The van der Waals surface area contributed by atoms with Gasteiger partial charge in [-0.3, -0.25) is 9.79 Å². The first-order valence-electron chi connectivity index (χ1n) is 8.78. The second-order valence-electron chi connectivity index (χ2n) is 6.15. The Kier molecular flexibility index (Phi) is 6.13. The van der Waals surface area contributed by atoms with Crippen LogP contribution in [0.5, 0.6) is 5.75 Å². The van der Waals surface area contributed by atoms with E-state index in [1.165, 1.54) is 6.07 Å². The Labute approximate surface area is 162 Å². The molecule has 2 aromatic rings. The predicted octanol–water partition coefficient (Wildman–Crippen LogP) is 3.84. The number of phenolic OH excluding ortho intramolecular Hbond substituents is 1. The number of para-hydroxylation sites is 1. The molecule has 0 spiro atoms. The van der Waals surface area contributed by atoms with E-state index < -0.39 is 5.91 Å². The van der Waals surface area contributed by atoms with E-state index >= 15 is 0 Å². The van der Waals surface area contributed by atoms with Gasteiger partial charge in [-0.25, -0.2) is 5.43 Å². The average Bonchev–Trinajstić information content (AvgIpc) is 3.14. The third-order valence-electron chi connectivity index (χ3n) is 4.20. The normalized spacial score (nSPS) is 16.7. The Bertz CT molecular complexity index is 878. The maximum Gasteiger partial charge on any atom is 0.275 e. The van der Waals surface area contributed by atoms with E-state index in [9.17, 15) is 9.90 Å². The Hall–Kier alpha value is -2.80. The Morgan fingerprint density at radius 3 is 2.67 bits per heavy atom. The smallest absolute Gasteiger partial charge is 0.275 e. The summed E-state index contributed by atoms with van der Waals surface area (Å²) in [7, 11) is 0. The number of hydrogen-bond acceptors (Lipinski definition) is 6. The molecule has 6 nitrogen and oxygen atoms in total. The molecule has 0 saturated carbocycles. The van der Waals surface area contributed by atoms with Gasteiger partial charge in [0, 0.05) is 10.9 Å². The summed E-state index contributed by atoms with van der Waals surface area (Å²) < 4.78 is 0. The molecule has 1 amide bonds. The standard InChI is InChI=1S/C20H22N4O2S/c1-3-16-12-21-20(27-16)22-15-10-8-14(9-11-15)13(2)23-24-19(26)17-6-4-5-7-18(17)25/h4-11,16,25H,3,12H2,1-2H3,(H,21,22)(H,24,26)/b23-13+. The van der Waals surface area contributed by atoms with E-state index in [1.54, 1.807) is 30.0 Å². The summed E-state index contributed by atoms with van der Waals surface area (Å²) in [6.45, 7) is 4.85. The molecule has 7 heteroatoms. The Balaban J connectivity index is 1.60. The topological polar surface area (TPSA) is 86.1 Å². The summed E-state index contributed by atoms with van der Waals surface area (Å²) in [5.74, 6) is -0.524. The van der Waals surface area contributed by atoms with Crippen molar-refractivity contribution in [3.8, 4) is 5.75 Å². The molecule has 27 heavy (non-hydrogen) atoms. The van der Waals surface area contributed by atoms with Crippen molar-refractivity contribution in [1.82, 2.24) is 5.43 Å². The van der Waals surface area contributed by atoms with Gasteiger partial charge in [0.2, 0.25) is 0 Å². The predicted molar refractivity (Wildman–Crippen MR) is 112 cm³/mol. The molecule has 1 aliphatic rings. The van der Waals surface area contributed by atoms with E-state index in [0.717, 1.165) is 29.4 Å². The van der Waals surface area contributed by atoms with Crippen LogP contribution in [0.3, 0.4) is 0 Å². The molecule has 1 aliphatic heterocycles. The molecule has 140 valence electrons. The van der Waals surface area contributed by atoms with Gasteiger partial charge in [-0.15, -0.1) is 0 Å². The van der Waals surface area contributed by atoms with Crippen LogP contribution in [0.1, 0.15) is 36.2 Å². The number of hydrogen-bond donors (Lipinski definition) is 3. The van der Waals surface area contributed by atoms with E-state index in [0.29, 0.717) is 11.0 Å². The number of rotatable bonds is 5. The molecule has 0 saturated heterocycles. The minimum absolute atomic E-state index is 0.0729. The zero-order valence-electron chi connectivity index (χ0n) is 15.3. The van der Waals surface area contributed by atoms with Crippen molar-refractivity contribution in [2.24, 2.45) is 10.1 Å². The maximum absolute atomic E-state index is 12.1. The Morgan fingerprint density at radius 1 is 1.26 bits per heavy atom. The van der Waals surface area contributed by atoms with Crippen molar-refractivity contribution in [2.75, 3.05) is 11.9 Å². The van der Waals surface area contributed by atoms with Crippen LogP contribution in [0, 0.1) is 0 Å². The molecule has 0 aromatic heterocycles. The number of anilines is 1. The van der Waals surface area contributed by atoms with Crippen molar-refractivity contribution >= 4 is 34.2 Å². The maximum atomic E-state index is 12.1. The molecule has 0 bridgehead atoms. The first-order chi connectivity index (χ1) is 13.1. The average molecular weight is 382 g/mol. The van der Waals surface area contributed by atoms with Gasteiger partial charge < -0.3 is 10.4 Å². The van der Waals surface area contributed by atoms with Gasteiger partial charge in [0.25, 0.3) is 5.91 Å². The van der Waals surface area contributed by atoms with E-state index in [-0.39, 0.29) is 11.3 Å². The van der Waals surface area contributed by atoms with Crippen LogP contribution >= 0.6 is 11.8 Å². The van der Waals surface area contributed by atoms with Gasteiger partial charge in [0.05, 0.1) is 17.8 Å². The van der Waals surface area contributed by atoms with Crippen LogP contribution in [-0.2, 0) is 0 Å². The summed E-state index contributed by atoms with van der Waals surface area (Å²) in [4.78, 5) is 16.6. The molecule has 1 atom stereocenters. The van der Waals surface area contributed by atoms with Gasteiger partial charge in [-0.1, -0.05) is 43.0 Å². The summed E-state index contributed by atoms with van der Waals surface area (Å²) in [5.41, 5.74) is 5.19. The lowest BCUT2D eigenvalue weighted by Crippen LogP contribution is -2.19. The van der Waals surface area contributed by atoms with E-state index in [1.807, 2.05) is 31.2 Å². The third-order valence-corrected chi connectivity index (χ3v) is 5.47. The minimum atomic E-state index is -0.451. The first-order valence-corrected chi connectivity index (χ1v) is 9.66. The fourth-order valence-electron chi connectivity index (χ4n) is 2.54. The van der Waals surface area contributed by atoms with Crippen molar-refractivity contribution in [2.45, 2.75) is 25.5 Å². The quantitative estimate of drug-likeness (QED) is 0.542. The number of carbonyl (C=O) groups excluding carboxylic acids is 1. The highest BCUT2D eigenvalue weighted by molar-refractivity contribution is 8.15. The van der Waals surface area contributed by atoms with Gasteiger partial charge >= 0.3 is 0 Å². The molecule has 0 aliphatic carbocycles. The van der Waals surface area contributed by atoms with E-state index in [4.69, 9.17) is 0 Å².